The Morgan fingerprint density at radius 1 is 1.17 bits per heavy atom. The summed E-state index contributed by atoms with van der Waals surface area (Å²) in [4.78, 5) is 23.5. The van der Waals surface area contributed by atoms with Crippen LogP contribution in [0, 0.1) is 0 Å². The van der Waals surface area contributed by atoms with Crippen LogP contribution in [0.15, 0.2) is 53.5 Å². The van der Waals surface area contributed by atoms with Gasteiger partial charge in [0.25, 0.3) is 5.56 Å². The van der Waals surface area contributed by atoms with Crippen LogP contribution >= 0.6 is 0 Å². The van der Waals surface area contributed by atoms with Crippen molar-refractivity contribution >= 4 is 5.91 Å². The van der Waals surface area contributed by atoms with Gasteiger partial charge in [-0.25, -0.2) is 0 Å². The molecule has 1 amide bonds. The average molecular weight is 338 g/mol. The second-order valence-corrected chi connectivity index (χ2v) is 5.50. The SMILES string of the molecule is CC(CNC(=O)Cn1cc(C(F)(F)F)ccc1=O)c1ccccc1. The van der Waals surface area contributed by atoms with Crippen LogP contribution in [-0.2, 0) is 17.5 Å². The van der Waals surface area contributed by atoms with E-state index >= 15 is 0 Å². The third kappa shape index (κ3) is 4.71. The number of amides is 1. The van der Waals surface area contributed by atoms with E-state index in [1.165, 1.54) is 0 Å². The molecule has 24 heavy (non-hydrogen) atoms. The summed E-state index contributed by atoms with van der Waals surface area (Å²) in [6.07, 6.45) is -3.91. The fourth-order valence-electron chi connectivity index (χ4n) is 2.20. The van der Waals surface area contributed by atoms with E-state index < -0.39 is 29.8 Å². The standard InChI is InChI=1S/C17H17F3N2O2/c1-12(13-5-3-2-4-6-13)9-21-15(23)11-22-10-14(17(18,19)20)7-8-16(22)24/h2-8,10,12H,9,11H2,1H3,(H,21,23). The quantitative estimate of drug-likeness (QED) is 0.911. The Hall–Kier alpha value is -2.57. The lowest BCUT2D eigenvalue weighted by Gasteiger charge is -2.14. The van der Waals surface area contributed by atoms with E-state index in [1.807, 2.05) is 37.3 Å². The molecular weight excluding hydrogens is 321 g/mol. The molecule has 0 aliphatic heterocycles. The van der Waals surface area contributed by atoms with Crippen molar-refractivity contribution in [2.75, 3.05) is 6.54 Å². The van der Waals surface area contributed by atoms with Crippen molar-refractivity contribution in [1.82, 2.24) is 9.88 Å². The van der Waals surface area contributed by atoms with Crippen molar-refractivity contribution in [2.45, 2.75) is 25.6 Å². The van der Waals surface area contributed by atoms with Crippen molar-refractivity contribution in [3.05, 3.63) is 70.1 Å². The predicted octanol–water partition coefficient (Wildman–Crippen LogP) is 2.79. The van der Waals surface area contributed by atoms with E-state index in [-0.39, 0.29) is 5.92 Å². The van der Waals surface area contributed by atoms with Gasteiger partial charge in [0.15, 0.2) is 0 Å². The molecule has 128 valence electrons. The monoisotopic (exact) mass is 338 g/mol. The first-order valence-electron chi connectivity index (χ1n) is 7.36. The average Bonchev–Trinajstić information content (AvgIpc) is 2.54. The first-order chi connectivity index (χ1) is 11.3. The minimum Gasteiger partial charge on any atom is -0.354 e. The van der Waals surface area contributed by atoms with Crippen molar-refractivity contribution in [1.29, 1.82) is 0 Å². The Kier molecular flexibility index (Phi) is 5.43. The van der Waals surface area contributed by atoms with Crippen LogP contribution in [0.3, 0.4) is 0 Å². The summed E-state index contributed by atoms with van der Waals surface area (Å²) in [5.41, 5.74) is -0.587. The maximum Gasteiger partial charge on any atom is 0.417 e. The Morgan fingerprint density at radius 3 is 2.46 bits per heavy atom. The summed E-state index contributed by atoms with van der Waals surface area (Å²) in [5, 5.41) is 2.63. The second kappa shape index (κ2) is 7.33. The lowest BCUT2D eigenvalue weighted by molar-refractivity contribution is -0.138. The third-order valence-corrected chi connectivity index (χ3v) is 3.60. The molecule has 1 unspecified atom stereocenters. The van der Waals surface area contributed by atoms with Gasteiger partial charge in [-0.15, -0.1) is 0 Å². The molecule has 1 N–H and O–H groups in total. The topological polar surface area (TPSA) is 51.1 Å². The van der Waals surface area contributed by atoms with Crippen LogP contribution in [0.5, 0.6) is 0 Å². The van der Waals surface area contributed by atoms with E-state index in [0.29, 0.717) is 18.8 Å². The molecule has 0 spiro atoms. The number of aromatic nitrogens is 1. The molecule has 0 aliphatic rings. The van der Waals surface area contributed by atoms with Gasteiger partial charge in [-0.05, 0) is 17.5 Å². The molecule has 1 atom stereocenters. The van der Waals surface area contributed by atoms with Crippen molar-refractivity contribution in [2.24, 2.45) is 0 Å². The summed E-state index contributed by atoms with van der Waals surface area (Å²) in [6.45, 7) is 1.80. The molecule has 1 aromatic heterocycles. The van der Waals surface area contributed by atoms with E-state index in [1.54, 1.807) is 0 Å². The maximum absolute atomic E-state index is 12.7. The smallest absolute Gasteiger partial charge is 0.354 e. The fourth-order valence-corrected chi connectivity index (χ4v) is 2.20. The van der Waals surface area contributed by atoms with E-state index in [0.717, 1.165) is 16.2 Å². The third-order valence-electron chi connectivity index (χ3n) is 3.60. The Labute approximate surface area is 136 Å². The highest BCUT2D eigenvalue weighted by Gasteiger charge is 2.31. The molecular formula is C17H17F3N2O2. The Morgan fingerprint density at radius 2 is 1.83 bits per heavy atom. The molecule has 0 aliphatic carbocycles. The molecule has 7 heteroatoms. The number of halogens is 3. The molecule has 1 aromatic carbocycles. The predicted molar refractivity (Wildman–Crippen MR) is 83.6 cm³/mol. The molecule has 1 heterocycles. The maximum atomic E-state index is 12.7. The summed E-state index contributed by atoms with van der Waals surface area (Å²) >= 11 is 0. The van der Waals surface area contributed by atoms with Crippen molar-refractivity contribution in [3.63, 3.8) is 0 Å². The van der Waals surface area contributed by atoms with Gasteiger partial charge in [0.1, 0.15) is 6.54 Å². The molecule has 4 nitrogen and oxygen atoms in total. The summed E-state index contributed by atoms with van der Waals surface area (Å²) < 4.78 is 38.7. The zero-order chi connectivity index (χ0) is 17.7. The Bertz CT molecular complexity index is 754. The first-order valence-corrected chi connectivity index (χ1v) is 7.36. The highest BCUT2D eigenvalue weighted by atomic mass is 19.4. The van der Waals surface area contributed by atoms with Crippen LogP contribution in [-0.4, -0.2) is 17.0 Å². The second-order valence-electron chi connectivity index (χ2n) is 5.50. The number of alkyl halides is 3. The number of benzene rings is 1. The van der Waals surface area contributed by atoms with Gasteiger partial charge in [0.2, 0.25) is 5.91 Å². The molecule has 0 bridgehead atoms. The lowest BCUT2D eigenvalue weighted by Crippen LogP contribution is -2.34. The number of carbonyl (C=O) groups is 1. The normalized spacial score (nSPS) is 12.7. The lowest BCUT2D eigenvalue weighted by atomic mass is 10.0. The first kappa shape index (κ1) is 17.8. The minimum absolute atomic E-state index is 0.0494. The molecule has 2 rings (SSSR count). The van der Waals surface area contributed by atoms with Crippen LogP contribution in [0.4, 0.5) is 13.2 Å². The number of hydrogen-bond donors (Lipinski definition) is 1. The Balaban J connectivity index is 1.99. The van der Waals surface area contributed by atoms with Gasteiger partial charge < -0.3 is 9.88 Å². The molecule has 0 saturated carbocycles. The zero-order valence-electron chi connectivity index (χ0n) is 13.0. The largest absolute Gasteiger partial charge is 0.417 e. The highest BCUT2D eigenvalue weighted by molar-refractivity contribution is 5.75. The number of carbonyl (C=O) groups excluding carboxylic acids is 1. The van der Waals surface area contributed by atoms with Gasteiger partial charge >= 0.3 is 6.18 Å². The molecule has 0 saturated heterocycles. The molecule has 2 aromatic rings. The number of rotatable bonds is 5. The van der Waals surface area contributed by atoms with E-state index in [9.17, 15) is 22.8 Å². The van der Waals surface area contributed by atoms with Crippen LogP contribution in [0.2, 0.25) is 0 Å². The number of nitrogens with one attached hydrogen (secondary N) is 1. The fraction of sp³-hybridized carbons (Fsp3) is 0.294. The van der Waals surface area contributed by atoms with Crippen molar-refractivity contribution in [3.8, 4) is 0 Å². The van der Waals surface area contributed by atoms with Crippen molar-refractivity contribution < 1.29 is 18.0 Å². The minimum atomic E-state index is -4.56. The van der Waals surface area contributed by atoms with Gasteiger partial charge in [-0.1, -0.05) is 37.3 Å². The van der Waals surface area contributed by atoms with Crippen LogP contribution in [0.25, 0.3) is 0 Å². The zero-order valence-corrected chi connectivity index (χ0v) is 13.0. The number of hydrogen-bond acceptors (Lipinski definition) is 2. The van der Waals surface area contributed by atoms with Crippen LogP contribution in [0.1, 0.15) is 24.0 Å². The van der Waals surface area contributed by atoms with E-state index in [4.69, 9.17) is 0 Å². The van der Waals surface area contributed by atoms with E-state index in [2.05, 4.69) is 5.32 Å². The molecule has 0 fully saturated rings. The van der Waals surface area contributed by atoms with Gasteiger partial charge in [0.05, 0.1) is 5.56 Å². The molecule has 0 radical (unpaired) electrons. The number of nitrogens with zero attached hydrogens (tertiary/aromatic N) is 1. The summed E-state index contributed by atoms with van der Waals surface area (Å²) in [7, 11) is 0. The van der Waals surface area contributed by atoms with Gasteiger partial charge in [-0.2, -0.15) is 13.2 Å². The van der Waals surface area contributed by atoms with Crippen LogP contribution < -0.4 is 10.9 Å². The summed E-state index contributed by atoms with van der Waals surface area (Å²) in [6, 6.07) is 11.0. The highest BCUT2D eigenvalue weighted by Crippen LogP contribution is 2.27. The van der Waals surface area contributed by atoms with Gasteiger partial charge in [0, 0.05) is 18.8 Å². The summed E-state index contributed by atoms with van der Waals surface area (Å²) in [5.74, 6) is -0.465. The number of pyridine rings is 1. The van der Waals surface area contributed by atoms with Gasteiger partial charge in [-0.3, -0.25) is 9.59 Å².